The molecule has 0 bridgehead atoms. The third kappa shape index (κ3) is 5.68. The van der Waals surface area contributed by atoms with Crippen molar-refractivity contribution in [3.05, 3.63) is 114 Å². The Morgan fingerprint density at radius 3 is 2.33 bits per heavy atom. The van der Waals surface area contributed by atoms with Crippen LogP contribution in [0.5, 0.6) is 5.75 Å². The number of carbonyl (C=O) groups is 2. The molecule has 3 aromatic carbocycles. The molecule has 1 N–H and O–H groups in total. The normalized spacial score (nSPS) is 10.5. The predicted molar refractivity (Wildman–Crippen MR) is 127 cm³/mol. The zero-order valence-corrected chi connectivity index (χ0v) is 18.2. The van der Waals surface area contributed by atoms with Gasteiger partial charge in [0.05, 0.1) is 26.3 Å². The average molecular weight is 440 g/mol. The van der Waals surface area contributed by atoms with Crippen LogP contribution in [-0.4, -0.2) is 18.9 Å². The van der Waals surface area contributed by atoms with Crippen molar-refractivity contribution in [3.8, 4) is 5.75 Å². The molecule has 6 heteroatoms. The van der Waals surface area contributed by atoms with Gasteiger partial charge in [0.1, 0.15) is 5.75 Å². The number of hydrogen-bond acceptors (Lipinski definition) is 4. The predicted octanol–water partition coefficient (Wildman–Crippen LogP) is 5.32. The second-order valence-electron chi connectivity index (χ2n) is 7.48. The maximum absolute atomic E-state index is 13.2. The molecule has 0 aliphatic rings. The molecule has 6 nitrogen and oxygen atoms in total. The second kappa shape index (κ2) is 10.3. The molecule has 0 spiro atoms. The lowest BCUT2D eigenvalue weighted by molar-refractivity contribution is -0.115. The van der Waals surface area contributed by atoms with Crippen molar-refractivity contribution >= 4 is 23.2 Å². The van der Waals surface area contributed by atoms with Crippen molar-refractivity contribution < 1.29 is 18.7 Å². The number of nitrogens with one attached hydrogen (secondary N) is 1. The van der Waals surface area contributed by atoms with Crippen molar-refractivity contribution in [1.29, 1.82) is 0 Å². The van der Waals surface area contributed by atoms with Gasteiger partial charge in [-0.15, -0.1) is 0 Å². The lowest BCUT2D eigenvalue weighted by Gasteiger charge is -2.22. The van der Waals surface area contributed by atoms with Crippen LogP contribution in [0.15, 0.2) is 102 Å². The molecule has 2 amide bonds. The van der Waals surface area contributed by atoms with Crippen LogP contribution in [-0.2, 0) is 17.8 Å². The summed E-state index contributed by atoms with van der Waals surface area (Å²) in [4.78, 5) is 27.4. The topological polar surface area (TPSA) is 71.8 Å². The Balaban J connectivity index is 1.53. The molecule has 0 atom stereocenters. The van der Waals surface area contributed by atoms with E-state index < -0.39 is 0 Å². The maximum atomic E-state index is 13.2. The van der Waals surface area contributed by atoms with Gasteiger partial charge in [-0.25, -0.2) is 0 Å². The number of benzene rings is 3. The third-order valence-corrected chi connectivity index (χ3v) is 5.12. The van der Waals surface area contributed by atoms with Crippen LogP contribution in [0.4, 0.5) is 11.4 Å². The van der Waals surface area contributed by atoms with Crippen molar-refractivity contribution in [2.45, 2.75) is 13.0 Å². The van der Waals surface area contributed by atoms with Gasteiger partial charge >= 0.3 is 0 Å². The summed E-state index contributed by atoms with van der Waals surface area (Å²) in [5.41, 5.74) is 3.16. The Labute approximate surface area is 192 Å². The molecule has 0 radical (unpaired) electrons. The van der Waals surface area contributed by atoms with Gasteiger partial charge in [-0.1, -0.05) is 42.5 Å². The Morgan fingerprint density at radius 1 is 0.879 bits per heavy atom. The molecule has 166 valence electrons. The van der Waals surface area contributed by atoms with Gasteiger partial charge in [-0.3, -0.25) is 9.59 Å². The zero-order chi connectivity index (χ0) is 23.0. The molecule has 4 aromatic rings. The SMILES string of the molecule is COc1ccc(NC(=O)Cc2cccc(N(Cc3ccccc3)C(=O)c3ccco3)c2)cc1. The summed E-state index contributed by atoms with van der Waals surface area (Å²) in [5.74, 6) is 0.585. The number of nitrogens with zero attached hydrogens (tertiary/aromatic N) is 1. The van der Waals surface area contributed by atoms with E-state index in [1.54, 1.807) is 48.4 Å². The summed E-state index contributed by atoms with van der Waals surface area (Å²) in [6.07, 6.45) is 1.65. The number of hydrogen-bond donors (Lipinski definition) is 1. The lowest BCUT2D eigenvalue weighted by Crippen LogP contribution is -2.30. The van der Waals surface area contributed by atoms with E-state index in [1.807, 2.05) is 54.6 Å². The van der Waals surface area contributed by atoms with E-state index in [2.05, 4.69) is 5.32 Å². The van der Waals surface area contributed by atoms with Gasteiger partial charge in [0.2, 0.25) is 5.91 Å². The van der Waals surface area contributed by atoms with Crippen molar-refractivity contribution in [2.75, 3.05) is 17.3 Å². The summed E-state index contributed by atoms with van der Waals surface area (Å²) in [6.45, 7) is 0.377. The molecule has 0 aliphatic carbocycles. The standard InChI is InChI=1S/C27H24N2O4/c1-32-24-14-12-22(13-15-24)28-26(30)18-21-9-5-10-23(17-21)29(19-20-7-3-2-4-8-20)27(31)25-11-6-16-33-25/h2-17H,18-19H2,1H3,(H,28,30). The Hall–Kier alpha value is -4.32. The number of furan rings is 1. The molecule has 1 aromatic heterocycles. The van der Waals surface area contributed by atoms with Crippen molar-refractivity contribution in [2.24, 2.45) is 0 Å². The van der Waals surface area contributed by atoms with Crippen molar-refractivity contribution in [3.63, 3.8) is 0 Å². The number of anilines is 2. The molecule has 33 heavy (non-hydrogen) atoms. The first-order valence-corrected chi connectivity index (χ1v) is 10.5. The van der Waals surface area contributed by atoms with Crippen LogP contribution in [0.2, 0.25) is 0 Å². The highest BCUT2D eigenvalue weighted by atomic mass is 16.5. The van der Waals surface area contributed by atoms with E-state index in [0.29, 0.717) is 17.9 Å². The Morgan fingerprint density at radius 2 is 1.64 bits per heavy atom. The highest BCUT2D eigenvalue weighted by Crippen LogP contribution is 2.23. The first kappa shape index (κ1) is 21.9. The van der Waals surface area contributed by atoms with Gasteiger partial charge in [-0.05, 0) is 59.7 Å². The smallest absolute Gasteiger partial charge is 0.294 e. The second-order valence-corrected chi connectivity index (χ2v) is 7.48. The monoisotopic (exact) mass is 440 g/mol. The zero-order valence-electron chi connectivity index (χ0n) is 18.2. The van der Waals surface area contributed by atoms with Gasteiger partial charge in [0.25, 0.3) is 5.91 Å². The molecule has 0 fully saturated rings. The molecule has 0 aliphatic heterocycles. The number of amides is 2. The maximum Gasteiger partial charge on any atom is 0.294 e. The summed E-state index contributed by atoms with van der Waals surface area (Å²) in [7, 11) is 1.60. The number of carbonyl (C=O) groups excluding carboxylic acids is 2. The van der Waals surface area contributed by atoms with Crippen LogP contribution >= 0.6 is 0 Å². The highest BCUT2D eigenvalue weighted by molar-refractivity contribution is 6.04. The fourth-order valence-electron chi connectivity index (χ4n) is 3.48. The highest BCUT2D eigenvalue weighted by Gasteiger charge is 2.21. The minimum Gasteiger partial charge on any atom is -0.497 e. The van der Waals surface area contributed by atoms with E-state index >= 15 is 0 Å². The largest absolute Gasteiger partial charge is 0.497 e. The molecule has 4 rings (SSSR count). The number of rotatable bonds is 8. The van der Waals surface area contributed by atoms with E-state index in [1.165, 1.54) is 6.26 Å². The van der Waals surface area contributed by atoms with E-state index in [9.17, 15) is 9.59 Å². The summed E-state index contributed by atoms with van der Waals surface area (Å²) < 4.78 is 10.5. The molecule has 0 unspecified atom stereocenters. The van der Waals surface area contributed by atoms with Gasteiger partial charge in [0, 0.05) is 11.4 Å². The quantitative estimate of drug-likeness (QED) is 0.403. The van der Waals surface area contributed by atoms with Crippen LogP contribution in [0.1, 0.15) is 21.7 Å². The Bertz CT molecular complexity index is 1200. The summed E-state index contributed by atoms with van der Waals surface area (Å²) in [6, 6.07) is 27.7. The minimum absolute atomic E-state index is 0.149. The minimum atomic E-state index is -0.247. The van der Waals surface area contributed by atoms with Crippen LogP contribution in [0, 0.1) is 0 Å². The summed E-state index contributed by atoms with van der Waals surface area (Å²) >= 11 is 0. The summed E-state index contributed by atoms with van der Waals surface area (Å²) in [5, 5.41) is 2.89. The van der Waals surface area contributed by atoms with E-state index in [0.717, 1.165) is 16.9 Å². The van der Waals surface area contributed by atoms with E-state index in [4.69, 9.17) is 9.15 Å². The van der Waals surface area contributed by atoms with Gasteiger partial charge < -0.3 is 19.4 Å². The average Bonchev–Trinajstić information content (AvgIpc) is 3.38. The van der Waals surface area contributed by atoms with Gasteiger partial charge in [0.15, 0.2) is 5.76 Å². The molecule has 1 heterocycles. The lowest BCUT2D eigenvalue weighted by atomic mass is 10.1. The molecule has 0 saturated heterocycles. The fourth-order valence-corrected chi connectivity index (χ4v) is 3.48. The molecular weight excluding hydrogens is 416 g/mol. The van der Waals surface area contributed by atoms with Gasteiger partial charge in [-0.2, -0.15) is 0 Å². The van der Waals surface area contributed by atoms with Crippen molar-refractivity contribution in [1.82, 2.24) is 0 Å². The third-order valence-electron chi connectivity index (χ3n) is 5.12. The Kier molecular flexibility index (Phi) is 6.85. The van der Waals surface area contributed by atoms with Crippen LogP contribution in [0.3, 0.4) is 0 Å². The van der Waals surface area contributed by atoms with E-state index in [-0.39, 0.29) is 24.0 Å². The number of ether oxygens (including phenoxy) is 1. The van der Waals surface area contributed by atoms with Crippen LogP contribution in [0.25, 0.3) is 0 Å². The van der Waals surface area contributed by atoms with Crippen LogP contribution < -0.4 is 15.0 Å². The number of methoxy groups -OCH3 is 1. The fraction of sp³-hybridized carbons (Fsp3) is 0.111. The first-order chi connectivity index (χ1) is 16.1. The molecule has 0 saturated carbocycles. The first-order valence-electron chi connectivity index (χ1n) is 10.5. The molecular formula is C27H24N2O4.